The van der Waals surface area contributed by atoms with Gasteiger partial charge in [-0.2, -0.15) is 0 Å². The largest absolute Gasteiger partial charge is 0.356 e. The van der Waals surface area contributed by atoms with E-state index in [4.69, 9.17) is 1.37 Å². The minimum Gasteiger partial charge on any atom is -0.356 e. The Morgan fingerprint density at radius 2 is 1.29 bits per heavy atom. The Morgan fingerprint density at radius 1 is 0.677 bits per heavy atom. The van der Waals surface area contributed by atoms with Crippen molar-refractivity contribution in [1.29, 1.82) is 0 Å². The highest BCUT2D eigenvalue weighted by molar-refractivity contribution is 5.83. The van der Waals surface area contributed by atoms with Gasteiger partial charge in [-0.15, -0.1) is 0 Å². The van der Waals surface area contributed by atoms with Crippen molar-refractivity contribution in [3.8, 4) is 22.3 Å². The minimum absolute atomic E-state index is 0.0329. The van der Waals surface area contributed by atoms with Gasteiger partial charge in [0.1, 0.15) is 0 Å². The molecule has 0 spiro atoms. The third-order valence-electron chi connectivity index (χ3n) is 6.53. The van der Waals surface area contributed by atoms with Gasteiger partial charge in [0, 0.05) is 18.2 Å². The van der Waals surface area contributed by atoms with Crippen molar-refractivity contribution in [2.24, 2.45) is 0 Å². The lowest BCUT2D eigenvalue weighted by atomic mass is 9.82. The summed E-state index contributed by atoms with van der Waals surface area (Å²) in [7, 11) is 0. The normalized spacial score (nSPS) is 14.5. The lowest BCUT2D eigenvalue weighted by molar-refractivity contribution is 0.660. The number of hydrogen-bond acceptors (Lipinski definition) is 1. The van der Waals surface area contributed by atoms with Gasteiger partial charge < -0.3 is 5.32 Å². The predicted molar refractivity (Wildman–Crippen MR) is 133 cm³/mol. The van der Waals surface area contributed by atoms with Crippen LogP contribution in [0, 0.1) is 0 Å². The molecule has 0 saturated carbocycles. The third-order valence-corrected chi connectivity index (χ3v) is 6.53. The lowest BCUT2D eigenvalue weighted by Crippen LogP contribution is -2.14. The molecular formula is C30H29N. The average molecular weight is 405 g/mol. The smallest absolute Gasteiger partial charge is 0.0390 e. The molecule has 1 nitrogen and oxygen atoms in total. The maximum Gasteiger partial charge on any atom is 0.0390 e. The lowest BCUT2D eigenvalue weighted by Gasteiger charge is -2.21. The topological polar surface area (TPSA) is 12.0 Å². The summed E-state index contributed by atoms with van der Waals surface area (Å²) in [6, 6.07) is 32.2. The van der Waals surface area contributed by atoms with Crippen LogP contribution in [0.15, 0.2) is 91.0 Å². The molecule has 1 N–H and O–H groups in total. The molecule has 0 aromatic heterocycles. The molecule has 1 aliphatic rings. The van der Waals surface area contributed by atoms with E-state index in [1.165, 1.54) is 22.3 Å². The summed E-state index contributed by atoms with van der Waals surface area (Å²) in [5.41, 5.74) is 10.9. The molecule has 0 heterocycles. The Labute approximate surface area is 187 Å². The van der Waals surface area contributed by atoms with E-state index in [1.54, 1.807) is 0 Å². The second-order valence-electron chi connectivity index (χ2n) is 9.18. The zero-order valence-corrected chi connectivity index (χ0v) is 18.7. The molecule has 31 heavy (non-hydrogen) atoms. The zero-order valence-electron chi connectivity index (χ0n) is 19.7. The molecule has 0 fully saturated rings. The molecule has 0 aliphatic heterocycles. The third kappa shape index (κ3) is 3.35. The van der Waals surface area contributed by atoms with Gasteiger partial charge in [0.2, 0.25) is 0 Å². The van der Waals surface area contributed by atoms with Crippen LogP contribution in [0.3, 0.4) is 0 Å². The molecule has 0 saturated heterocycles. The fourth-order valence-electron chi connectivity index (χ4n) is 4.87. The molecule has 0 unspecified atom stereocenters. The van der Waals surface area contributed by atoms with E-state index in [0.29, 0.717) is 0 Å². The summed E-state index contributed by atoms with van der Waals surface area (Å²) < 4.78 is 8.48. The van der Waals surface area contributed by atoms with E-state index in [9.17, 15) is 0 Å². The minimum atomic E-state index is -0.637. The number of benzene rings is 4. The maximum absolute atomic E-state index is 8.48. The molecule has 0 bridgehead atoms. The van der Waals surface area contributed by atoms with Crippen LogP contribution in [-0.2, 0) is 5.41 Å². The van der Waals surface area contributed by atoms with E-state index < -0.39 is 5.89 Å². The van der Waals surface area contributed by atoms with Gasteiger partial charge >= 0.3 is 0 Å². The van der Waals surface area contributed by atoms with Crippen LogP contribution in [0.4, 0.5) is 11.4 Å². The molecular weight excluding hydrogens is 374 g/mol. The highest BCUT2D eigenvalue weighted by Crippen LogP contribution is 2.49. The Balaban J connectivity index is 1.44. The van der Waals surface area contributed by atoms with E-state index in [1.807, 2.05) is 26.0 Å². The molecule has 4 aromatic carbocycles. The number of hydrogen-bond donors (Lipinski definition) is 1. The molecule has 1 aliphatic carbocycles. The fourth-order valence-corrected chi connectivity index (χ4v) is 4.87. The number of nitrogens with one attached hydrogen (secondary N) is 1. The summed E-state index contributed by atoms with van der Waals surface area (Å²) in [5.74, 6) is -0.637. The first kappa shape index (κ1) is 18.4. The van der Waals surface area contributed by atoms with Crippen LogP contribution in [0.2, 0.25) is 0 Å². The Morgan fingerprint density at radius 3 is 2.03 bits per heavy atom. The van der Waals surface area contributed by atoms with Gasteiger partial charge in [0.05, 0.1) is 0 Å². The van der Waals surface area contributed by atoms with E-state index in [-0.39, 0.29) is 5.41 Å². The van der Waals surface area contributed by atoms with Gasteiger partial charge in [-0.05, 0) is 69.1 Å². The molecule has 0 atom stereocenters. The van der Waals surface area contributed by atoms with Crippen LogP contribution < -0.4 is 5.32 Å². The van der Waals surface area contributed by atoms with Crippen LogP contribution in [-0.4, -0.2) is 0 Å². The average Bonchev–Trinajstić information content (AvgIpc) is 3.01. The molecule has 5 rings (SSSR count). The quantitative estimate of drug-likeness (QED) is 0.359. The van der Waals surface area contributed by atoms with Crippen molar-refractivity contribution in [1.82, 2.24) is 0 Å². The highest BCUT2D eigenvalue weighted by Gasteiger charge is 2.34. The van der Waals surface area contributed by atoms with Gasteiger partial charge in [-0.3, -0.25) is 0 Å². The van der Waals surface area contributed by atoms with Crippen LogP contribution >= 0.6 is 0 Å². The summed E-state index contributed by atoms with van der Waals surface area (Å²) >= 11 is 0. The Kier molecular flexibility index (Phi) is 4.42. The molecule has 0 radical (unpaired) electrons. The molecule has 154 valence electrons. The van der Waals surface area contributed by atoms with Crippen molar-refractivity contribution < 1.29 is 1.37 Å². The number of anilines is 2. The standard InChI is InChI=1S/C30H29N/c1-20(2)24-9-5-6-10-25(24)21-13-15-22(16-14-21)31-23-17-18-29-27(19-23)26-11-7-8-12-28(26)30(29,3)4/h5-20,31H,1-4H3/i20D. The van der Waals surface area contributed by atoms with Gasteiger partial charge in [0.15, 0.2) is 0 Å². The number of fused-ring (bicyclic) bond motifs is 3. The van der Waals surface area contributed by atoms with Crippen molar-refractivity contribution in [3.63, 3.8) is 0 Å². The second-order valence-corrected chi connectivity index (χ2v) is 9.18. The first-order chi connectivity index (χ1) is 15.2. The van der Waals surface area contributed by atoms with Gasteiger partial charge in [-0.25, -0.2) is 0 Å². The molecule has 1 heteroatoms. The summed E-state index contributed by atoms with van der Waals surface area (Å²) in [5, 5.41) is 3.58. The zero-order chi connectivity index (χ0) is 22.5. The predicted octanol–water partition coefficient (Wildman–Crippen LogP) is 8.53. The summed E-state index contributed by atoms with van der Waals surface area (Å²) in [6.07, 6.45) is 0. The first-order valence-corrected chi connectivity index (χ1v) is 11.0. The van der Waals surface area contributed by atoms with Crippen molar-refractivity contribution >= 4 is 11.4 Å². The van der Waals surface area contributed by atoms with Crippen molar-refractivity contribution in [2.45, 2.75) is 39.0 Å². The molecule has 4 aromatic rings. The van der Waals surface area contributed by atoms with Gasteiger partial charge in [0.25, 0.3) is 0 Å². The summed E-state index contributed by atoms with van der Waals surface area (Å²) in [4.78, 5) is 0. The summed E-state index contributed by atoms with van der Waals surface area (Å²) in [6.45, 7) is 8.49. The molecule has 0 amide bonds. The highest BCUT2D eigenvalue weighted by atomic mass is 14.9. The van der Waals surface area contributed by atoms with Gasteiger partial charge in [-0.1, -0.05) is 94.4 Å². The van der Waals surface area contributed by atoms with E-state index in [2.05, 4.69) is 98.0 Å². The Hall–Kier alpha value is -3.32. The van der Waals surface area contributed by atoms with E-state index in [0.717, 1.165) is 28.1 Å². The van der Waals surface area contributed by atoms with Crippen LogP contribution in [0.25, 0.3) is 22.3 Å². The monoisotopic (exact) mass is 404 g/mol. The second kappa shape index (κ2) is 7.42. The number of rotatable bonds is 4. The maximum atomic E-state index is 8.48. The van der Waals surface area contributed by atoms with E-state index >= 15 is 0 Å². The SMILES string of the molecule is [2H]C(C)(C)c1ccccc1-c1ccc(Nc2ccc3c(c2)-c2ccccc2C3(C)C)cc1. The van der Waals surface area contributed by atoms with Crippen molar-refractivity contribution in [3.05, 3.63) is 108 Å². The van der Waals surface area contributed by atoms with Crippen molar-refractivity contribution in [2.75, 3.05) is 5.32 Å². The van der Waals surface area contributed by atoms with Crippen LogP contribution in [0.1, 0.15) is 51.7 Å². The Bertz CT molecular complexity index is 1290. The first-order valence-electron chi connectivity index (χ1n) is 11.5. The fraction of sp³-hybridized carbons (Fsp3) is 0.200. The van der Waals surface area contributed by atoms with Crippen LogP contribution in [0.5, 0.6) is 0 Å².